The molecule has 0 spiro atoms. The molecule has 7 heteroatoms. The van der Waals surface area contributed by atoms with Crippen LogP contribution in [0, 0.1) is 0 Å². The predicted molar refractivity (Wildman–Crippen MR) is 99.9 cm³/mol. The normalized spacial score (nSPS) is 13.8. The van der Waals surface area contributed by atoms with Crippen molar-refractivity contribution in [2.24, 2.45) is 0 Å². The molecule has 2 aromatic carbocycles. The van der Waals surface area contributed by atoms with Crippen molar-refractivity contribution < 1.29 is 23.9 Å². The molecule has 140 valence electrons. The Balaban J connectivity index is 1.63. The molecule has 27 heavy (non-hydrogen) atoms. The van der Waals surface area contributed by atoms with E-state index in [1.807, 2.05) is 0 Å². The van der Waals surface area contributed by atoms with E-state index in [0.717, 1.165) is 5.56 Å². The van der Waals surface area contributed by atoms with Crippen molar-refractivity contribution >= 4 is 29.2 Å². The number of aryl methyl sites for hydroxylation is 1. The largest absolute Gasteiger partial charge is 0.497 e. The van der Waals surface area contributed by atoms with Crippen molar-refractivity contribution in [3.8, 4) is 5.75 Å². The first-order valence-corrected chi connectivity index (χ1v) is 8.55. The fourth-order valence-corrected chi connectivity index (χ4v) is 2.74. The number of amides is 2. The number of carbonyl (C=O) groups is 3. The number of nitrogens with one attached hydrogen (secondary N) is 2. The summed E-state index contributed by atoms with van der Waals surface area (Å²) >= 11 is 0. The smallest absolute Gasteiger partial charge is 0.338 e. The van der Waals surface area contributed by atoms with Gasteiger partial charge in [-0.1, -0.05) is 6.07 Å². The maximum Gasteiger partial charge on any atom is 0.338 e. The van der Waals surface area contributed by atoms with Crippen molar-refractivity contribution in [1.29, 1.82) is 0 Å². The lowest BCUT2D eigenvalue weighted by atomic mass is 10.0. The average Bonchev–Trinajstić information content (AvgIpc) is 2.67. The molecule has 0 radical (unpaired) electrons. The zero-order valence-electron chi connectivity index (χ0n) is 15.1. The summed E-state index contributed by atoms with van der Waals surface area (Å²) in [6, 6.07) is 11.8. The van der Waals surface area contributed by atoms with Crippen LogP contribution in [-0.4, -0.2) is 31.0 Å². The Morgan fingerprint density at radius 2 is 1.96 bits per heavy atom. The molecule has 3 rings (SSSR count). The maximum atomic E-state index is 12.4. The molecule has 1 atom stereocenters. The van der Waals surface area contributed by atoms with Crippen LogP contribution in [0.15, 0.2) is 42.5 Å². The van der Waals surface area contributed by atoms with Gasteiger partial charge >= 0.3 is 5.97 Å². The highest BCUT2D eigenvalue weighted by Gasteiger charge is 2.21. The summed E-state index contributed by atoms with van der Waals surface area (Å²) in [4.78, 5) is 36.0. The van der Waals surface area contributed by atoms with E-state index >= 15 is 0 Å². The first-order valence-electron chi connectivity index (χ1n) is 8.55. The summed E-state index contributed by atoms with van der Waals surface area (Å²) in [6.45, 7) is 1.51. The Morgan fingerprint density at radius 3 is 2.74 bits per heavy atom. The molecule has 2 amide bonds. The third-order valence-electron chi connectivity index (χ3n) is 4.23. The highest BCUT2D eigenvalue weighted by Crippen LogP contribution is 2.24. The molecule has 0 saturated carbocycles. The minimum Gasteiger partial charge on any atom is -0.497 e. The predicted octanol–water partition coefficient (Wildman–Crippen LogP) is 2.76. The van der Waals surface area contributed by atoms with Crippen LogP contribution in [0.3, 0.4) is 0 Å². The van der Waals surface area contributed by atoms with Gasteiger partial charge in [-0.2, -0.15) is 0 Å². The number of fused-ring (bicyclic) bond motifs is 1. The maximum absolute atomic E-state index is 12.4. The van der Waals surface area contributed by atoms with Crippen LogP contribution in [0.2, 0.25) is 0 Å². The van der Waals surface area contributed by atoms with Crippen LogP contribution in [0.5, 0.6) is 5.75 Å². The van der Waals surface area contributed by atoms with Gasteiger partial charge in [-0.3, -0.25) is 9.59 Å². The molecule has 1 aliphatic rings. The van der Waals surface area contributed by atoms with E-state index in [9.17, 15) is 14.4 Å². The lowest BCUT2D eigenvalue weighted by molar-refractivity contribution is -0.123. The lowest BCUT2D eigenvalue weighted by Crippen LogP contribution is -2.30. The van der Waals surface area contributed by atoms with Gasteiger partial charge in [-0.05, 0) is 49.2 Å². The molecule has 1 heterocycles. The Kier molecular flexibility index (Phi) is 5.40. The molecule has 0 bridgehead atoms. The Bertz CT molecular complexity index is 894. The van der Waals surface area contributed by atoms with Gasteiger partial charge in [0.1, 0.15) is 5.75 Å². The quantitative estimate of drug-likeness (QED) is 0.792. The second kappa shape index (κ2) is 7.90. The summed E-state index contributed by atoms with van der Waals surface area (Å²) in [5.74, 6) is -0.468. The summed E-state index contributed by atoms with van der Waals surface area (Å²) in [5, 5.41) is 5.44. The van der Waals surface area contributed by atoms with Crippen LogP contribution < -0.4 is 15.4 Å². The number of ether oxygens (including phenoxy) is 2. The zero-order valence-corrected chi connectivity index (χ0v) is 15.1. The van der Waals surface area contributed by atoms with E-state index in [1.165, 1.54) is 14.0 Å². The van der Waals surface area contributed by atoms with Gasteiger partial charge < -0.3 is 20.1 Å². The van der Waals surface area contributed by atoms with Crippen molar-refractivity contribution in [2.75, 3.05) is 17.7 Å². The lowest BCUT2D eigenvalue weighted by Gasteiger charge is -2.18. The number of esters is 1. The van der Waals surface area contributed by atoms with Crippen LogP contribution in [0.4, 0.5) is 11.4 Å². The fraction of sp³-hybridized carbons (Fsp3) is 0.250. The molecule has 7 nitrogen and oxygen atoms in total. The molecule has 2 N–H and O–H groups in total. The van der Waals surface area contributed by atoms with Crippen LogP contribution >= 0.6 is 0 Å². The monoisotopic (exact) mass is 368 g/mol. The van der Waals surface area contributed by atoms with Crippen molar-refractivity contribution in [2.45, 2.75) is 25.9 Å². The SMILES string of the molecule is COc1cccc(NC(=O)C(C)OC(=O)c2ccc3c(c2)CCC(=O)N3)c1. The number of hydrogen-bond acceptors (Lipinski definition) is 5. The van der Waals surface area contributed by atoms with Gasteiger partial charge in [0, 0.05) is 23.9 Å². The van der Waals surface area contributed by atoms with Crippen molar-refractivity contribution in [3.63, 3.8) is 0 Å². The van der Waals surface area contributed by atoms with E-state index in [0.29, 0.717) is 35.5 Å². The Hall–Kier alpha value is -3.35. The molecule has 2 aromatic rings. The van der Waals surface area contributed by atoms with Crippen LogP contribution in [0.1, 0.15) is 29.3 Å². The van der Waals surface area contributed by atoms with Gasteiger partial charge in [0.2, 0.25) is 5.91 Å². The van der Waals surface area contributed by atoms with Gasteiger partial charge in [-0.25, -0.2) is 4.79 Å². The summed E-state index contributed by atoms with van der Waals surface area (Å²) < 4.78 is 10.4. The third-order valence-corrected chi connectivity index (χ3v) is 4.23. The van der Waals surface area contributed by atoms with Gasteiger partial charge in [0.05, 0.1) is 12.7 Å². The van der Waals surface area contributed by atoms with Crippen LogP contribution in [0.25, 0.3) is 0 Å². The topological polar surface area (TPSA) is 93.7 Å². The van der Waals surface area contributed by atoms with Gasteiger partial charge in [0.15, 0.2) is 6.10 Å². The molecule has 0 fully saturated rings. The van der Waals surface area contributed by atoms with E-state index in [2.05, 4.69) is 10.6 Å². The molecule has 0 aliphatic carbocycles. The molecule has 0 saturated heterocycles. The third kappa shape index (κ3) is 4.44. The molecule has 1 unspecified atom stereocenters. The number of rotatable bonds is 5. The van der Waals surface area contributed by atoms with Crippen molar-refractivity contribution in [1.82, 2.24) is 0 Å². The first-order chi connectivity index (χ1) is 13.0. The number of carbonyl (C=O) groups excluding carboxylic acids is 3. The number of anilines is 2. The number of methoxy groups -OCH3 is 1. The zero-order chi connectivity index (χ0) is 19.4. The number of benzene rings is 2. The molecular weight excluding hydrogens is 348 g/mol. The minimum absolute atomic E-state index is 0.0411. The van der Waals surface area contributed by atoms with E-state index < -0.39 is 18.0 Å². The first kappa shape index (κ1) is 18.4. The molecule has 0 aromatic heterocycles. The van der Waals surface area contributed by atoms with E-state index in [-0.39, 0.29) is 5.91 Å². The second-order valence-electron chi connectivity index (χ2n) is 6.19. The average molecular weight is 368 g/mol. The summed E-state index contributed by atoms with van der Waals surface area (Å²) in [7, 11) is 1.54. The molecule has 1 aliphatic heterocycles. The summed E-state index contributed by atoms with van der Waals surface area (Å²) in [6.07, 6.45) is -0.0293. The van der Waals surface area contributed by atoms with Crippen LogP contribution in [-0.2, 0) is 20.7 Å². The standard InChI is InChI=1S/C20H20N2O5/c1-12(19(24)21-15-4-3-5-16(11-15)26-2)27-20(25)14-6-8-17-13(10-14)7-9-18(23)22-17/h3-6,8,10-12H,7,9H2,1-2H3,(H,21,24)(H,22,23). The van der Waals surface area contributed by atoms with Crippen molar-refractivity contribution in [3.05, 3.63) is 53.6 Å². The fourth-order valence-electron chi connectivity index (χ4n) is 2.74. The highest BCUT2D eigenvalue weighted by molar-refractivity contribution is 5.98. The summed E-state index contributed by atoms with van der Waals surface area (Å²) in [5.41, 5.74) is 2.46. The van der Waals surface area contributed by atoms with Gasteiger partial charge in [0.25, 0.3) is 5.91 Å². The van der Waals surface area contributed by atoms with Gasteiger partial charge in [-0.15, -0.1) is 0 Å². The second-order valence-corrected chi connectivity index (χ2v) is 6.19. The minimum atomic E-state index is -0.973. The number of hydrogen-bond donors (Lipinski definition) is 2. The van der Waals surface area contributed by atoms with E-state index in [4.69, 9.17) is 9.47 Å². The van der Waals surface area contributed by atoms with E-state index in [1.54, 1.807) is 42.5 Å². The Morgan fingerprint density at radius 1 is 1.15 bits per heavy atom. The highest BCUT2D eigenvalue weighted by atomic mass is 16.5. The molecular formula is C20H20N2O5. The Labute approximate surface area is 156 Å².